The Labute approximate surface area is 163 Å². The molecule has 0 aliphatic carbocycles. The summed E-state index contributed by atoms with van der Waals surface area (Å²) in [5, 5.41) is 11.4. The fourth-order valence-electron chi connectivity index (χ4n) is 2.68. The van der Waals surface area contributed by atoms with E-state index in [0.29, 0.717) is 27.8 Å². The van der Waals surface area contributed by atoms with Crippen molar-refractivity contribution in [2.24, 2.45) is 0 Å². The van der Waals surface area contributed by atoms with Crippen LogP contribution in [0.5, 0.6) is 0 Å². The number of hydrogen-bond acceptors (Lipinski definition) is 7. The SMILES string of the molecule is Cc1cc(NC(=O)CSc2nc3c(cnn3-c3ccccc3C)c(=O)[nH]2)no1. The van der Waals surface area contributed by atoms with Crippen LogP contribution in [0.3, 0.4) is 0 Å². The fourth-order valence-corrected chi connectivity index (χ4v) is 3.34. The number of nitrogens with one attached hydrogen (secondary N) is 2. The molecule has 2 N–H and O–H groups in total. The summed E-state index contributed by atoms with van der Waals surface area (Å²) in [6, 6.07) is 9.32. The van der Waals surface area contributed by atoms with E-state index >= 15 is 0 Å². The van der Waals surface area contributed by atoms with Crippen LogP contribution in [0, 0.1) is 13.8 Å². The second kappa shape index (κ2) is 7.31. The van der Waals surface area contributed by atoms with Gasteiger partial charge in [0.2, 0.25) is 5.91 Å². The van der Waals surface area contributed by atoms with Gasteiger partial charge >= 0.3 is 0 Å². The average Bonchev–Trinajstić information content (AvgIpc) is 3.27. The van der Waals surface area contributed by atoms with Crippen LogP contribution in [0.4, 0.5) is 5.82 Å². The number of amides is 1. The number of nitrogens with zero attached hydrogens (tertiary/aromatic N) is 4. The van der Waals surface area contributed by atoms with E-state index in [1.807, 2.05) is 31.2 Å². The van der Waals surface area contributed by atoms with Crippen LogP contribution in [0.25, 0.3) is 16.7 Å². The molecule has 3 heterocycles. The van der Waals surface area contributed by atoms with Gasteiger partial charge in [-0.15, -0.1) is 0 Å². The van der Waals surface area contributed by atoms with Crippen molar-refractivity contribution < 1.29 is 9.32 Å². The van der Waals surface area contributed by atoms with Crippen LogP contribution in [-0.2, 0) is 4.79 Å². The summed E-state index contributed by atoms with van der Waals surface area (Å²) >= 11 is 1.12. The zero-order valence-corrected chi connectivity index (χ0v) is 15.9. The highest BCUT2D eigenvalue weighted by molar-refractivity contribution is 7.99. The lowest BCUT2D eigenvalue weighted by atomic mass is 10.2. The van der Waals surface area contributed by atoms with Gasteiger partial charge in [-0.1, -0.05) is 35.1 Å². The first-order chi connectivity index (χ1) is 13.5. The van der Waals surface area contributed by atoms with Crippen LogP contribution in [0.1, 0.15) is 11.3 Å². The Bertz CT molecular complexity index is 1230. The monoisotopic (exact) mass is 396 g/mol. The Morgan fingerprint density at radius 2 is 2.14 bits per heavy atom. The van der Waals surface area contributed by atoms with E-state index in [0.717, 1.165) is 23.0 Å². The number of para-hydroxylation sites is 1. The van der Waals surface area contributed by atoms with Gasteiger partial charge in [-0.25, -0.2) is 9.67 Å². The molecule has 4 rings (SSSR count). The molecule has 0 saturated carbocycles. The van der Waals surface area contributed by atoms with Crippen molar-refractivity contribution in [3.8, 4) is 5.69 Å². The second-order valence-electron chi connectivity index (χ2n) is 6.11. The lowest BCUT2D eigenvalue weighted by molar-refractivity contribution is -0.113. The van der Waals surface area contributed by atoms with Crippen molar-refractivity contribution in [3.63, 3.8) is 0 Å². The van der Waals surface area contributed by atoms with Crippen molar-refractivity contribution in [1.29, 1.82) is 0 Å². The van der Waals surface area contributed by atoms with E-state index in [9.17, 15) is 9.59 Å². The minimum Gasteiger partial charge on any atom is -0.360 e. The third kappa shape index (κ3) is 3.54. The van der Waals surface area contributed by atoms with Gasteiger partial charge in [0.15, 0.2) is 16.6 Å². The second-order valence-corrected chi connectivity index (χ2v) is 7.07. The fraction of sp³-hybridized carbons (Fsp3) is 0.167. The van der Waals surface area contributed by atoms with Crippen LogP contribution in [-0.4, -0.2) is 36.6 Å². The first kappa shape index (κ1) is 18.0. The third-order valence-electron chi connectivity index (χ3n) is 4.00. The summed E-state index contributed by atoms with van der Waals surface area (Å²) in [5.74, 6) is 0.716. The number of fused-ring (bicyclic) bond motifs is 1. The maximum absolute atomic E-state index is 12.4. The van der Waals surface area contributed by atoms with Crippen molar-refractivity contribution >= 4 is 34.5 Å². The zero-order chi connectivity index (χ0) is 19.7. The van der Waals surface area contributed by atoms with Crippen LogP contribution in [0.2, 0.25) is 0 Å². The number of benzene rings is 1. The molecule has 0 saturated heterocycles. The zero-order valence-electron chi connectivity index (χ0n) is 15.1. The Morgan fingerprint density at radius 1 is 1.32 bits per heavy atom. The number of thioether (sulfide) groups is 1. The maximum Gasteiger partial charge on any atom is 0.262 e. The van der Waals surface area contributed by atoms with Gasteiger partial charge in [0.1, 0.15) is 11.1 Å². The van der Waals surface area contributed by atoms with Gasteiger partial charge in [-0.05, 0) is 25.5 Å². The molecule has 3 aromatic heterocycles. The Balaban J connectivity index is 1.58. The summed E-state index contributed by atoms with van der Waals surface area (Å²) < 4.78 is 6.53. The number of carbonyl (C=O) groups excluding carboxylic acids is 1. The minimum absolute atomic E-state index is 0.0544. The molecule has 0 aliphatic rings. The Hall–Kier alpha value is -3.40. The molecule has 0 atom stereocenters. The molecule has 4 aromatic rings. The molecule has 0 unspecified atom stereocenters. The molecular formula is C18H16N6O3S. The van der Waals surface area contributed by atoms with Crippen molar-refractivity contribution in [3.05, 3.63) is 58.2 Å². The average molecular weight is 396 g/mol. The van der Waals surface area contributed by atoms with Crippen LogP contribution in [0.15, 0.2) is 51.0 Å². The van der Waals surface area contributed by atoms with Gasteiger partial charge < -0.3 is 14.8 Å². The van der Waals surface area contributed by atoms with Crippen LogP contribution < -0.4 is 10.9 Å². The normalized spacial score (nSPS) is 11.1. The number of aromatic amines is 1. The molecule has 0 aliphatic heterocycles. The van der Waals surface area contributed by atoms with Gasteiger partial charge in [-0.3, -0.25) is 9.59 Å². The van der Waals surface area contributed by atoms with Crippen molar-refractivity contribution in [2.45, 2.75) is 19.0 Å². The highest BCUT2D eigenvalue weighted by atomic mass is 32.2. The Kier molecular flexibility index (Phi) is 4.70. The minimum atomic E-state index is -0.306. The molecule has 1 amide bonds. The van der Waals surface area contributed by atoms with E-state index in [1.165, 1.54) is 6.20 Å². The molecule has 0 radical (unpaired) electrons. The quantitative estimate of drug-likeness (QED) is 0.393. The van der Waals surface area contributed by atoms with Gasteiger partial charge in [0.25, 0.3) is 5.56 Å². The predicted molar refractivity (Wildman–Crippen MR) is 105 cm³/mol. The largest absolute Gasteiger partial charge is 0.360 e. The predicted octanol–water partition coefficient (Wildman–Crippen LogP) is 2.44. The summed E-state index contributed by atoms with van der Waals surface area (Å²) in [5.41, 5.74) is 1.98. The third-order valence-corrected chi connectivity index (χ3v) is 4.87. The van der Waals surface area contributed by atoms with Crippen molar-refractivity contribution in [1.82, 2.24) is 24.9 Å². The highest BCUT2D eigenvalue weighted by Crippen LogP contribution is 2.20. The number of aryl methyl sites for hydroxylation is 2. The molecular weight excluding hydrogens is 380 g/mol. The first-order valence-electron chi connectivity index (χ1n) is 8.41. The van der Waals surface area contributed by atoms with Crippen molar-refractivity contribution in [2.75, 3.05) is 11.1 Å². The standard InChI is InChI=1S/C18H16N6O3S/c1-10-5-3-4-6-13(10)24-16-12(8-19-24)17(26)22-18(21-16)28-9-15(25)20-14-7-11(2)27-23-14/h3-8H,9H2,1-2H3,(H,20,23,25)(H,21,22,26). The molecule has 0 bridgehead atoms. The van der Waals surface area contributed by atoms with E-state index < -0.39 is 0 Å². The van der Waals surface area contributed by atoms with E-state index in [1.54, 1.807) is 17.7 Å². The van der Waals surface area contributed by atoms with E-state index in [2.05, 4.69) is 25.5 Å². The topological polar surface area (TPSA) is 119 Å². The summed E-state index contributed by atoms with van der Waals surface area (Å²) in [6.07, 6.45) is 1.49. The lowest BCUT2D eigenvalue weighted by Crippen LogP contribution is -2.16. The van der Waals surface area contributed by atoms with E-state index in [-0.39, 0.29) is 17.2 Å². The molecule has 10 heteroatoms. The highest BCUT2D eigenvalue weighted by Gasteiger charge is 2.14. The smallest absolute Gasteiger partial charge is 0.262 e. The molecule has 1 aromatic carbocycles. The summed E-state index contributed by atoms with van der Waals surface area (Å²) in [6.45, 7) is 3.69. The lowest BCUT2D eigenvalue weighted by Gasteiger charge is -2.07. The maximum atomic E-state index is 12.4. The molecule has 0 fully saturated rings. The number of hydrogen-bond donors (Lipinski definition) is 2. The number of aromatic nitrogens is 5. The van der Waals surface area contributed by atoms with Gasteiger partial charge in [0.05, 0.1) is 17.6 Å². The number of anilines is 1. The van der Waals surface area contributed by atoms with Gasteiger partial charge in [-0.2, -0.15) is 5.10 Å². The molecule has 142 valence electrons. The number of H-pyrrole nitrogens is 1. The number of rotatable bonds is 5. The summed E-state index contributed by atoms with van der Waals surface area (Å²) in [4.78, 5) is 31.6. The molecule has 28 heavy (non-hydrogen) atoms. The molecule has 0 spiro atoms. The number of carbonyl (C=O) groups is 1. The van der Waals surface area contributed by atoms with Gasteiger partial charge in [0, 0.05) is 6.07 Å². The van der Waals surface area contributed by atoms with E-state index in [4.69, 9.17) is 4.52 Å². The summed E-state index contributed by atoms with van der Waals surface area (Å²) in [7, 11) is 0. The first-order valence-corrected chi connectivity index (χ1v) is 9.40. The Morgan fingerprint density at radius 3 is 2.89 bits per heavy atom. The van der Waals surface area contributed by atoms with Crippen LogP contribution >= 0.6 is 11.8 Å². The molecule has 9 nitrogen and oxygen atoms in total.